The Bertz CT molecular complexity index is 2050. The largest absolute Gasteiger partial charge is 0.495 e. The van der Waals surface area contributed by atoms with Gasteiger partial charge in [0.25, 0.3) is 0 Å². The highest BCUT2D eigenvalue weighted by atomic mass is 19.3. The highest BCUT2D eigenvalue weighted by molar-refractivity contribution is 5.73. The van der Waals surface area contributed by atoms with Gasteiger partial charge in [0.1, 0.15) is 51.7 Å². The molecule has 0 aliphatic rings. The van der Waals surface area contributed by atoms with Crippen LogP contribution in [0, 0.1) is 65.3 Å². The van der Waals surface area contributed by atoms with Crippen LogP contribution in [0.4, 0.5) is 43.9 Å². The predicted octanol–water partition coefficient (Wildman–Crippen LogP) is 9.98. The number of rotatable bonds is 6. The van der Waals surface area contributed by atoms with E-state index in [0.717, 1.165) is 19.2 Å². The van der Waals surface area contributed by atoms with Crippen LogP contribution in [0.3, 0.4) is 0 Å². The van der Waals surface area contributed by atoms with Crippen LogP contribution in [-0.2, 0) is 6.11 Å². The van der Waals surface area contributed by atoms with Gasteiger partial charge in [0.2, 0.25) is 0 Å². The fourth-order valence-corrected chi connectivity index (χ4v) is 4.64. The first kappa shape index (κ1) is 32.9. The first-order chi connectivity index (χ1) is 22.2. The Morgan fingerprint density at radius 2 is 1.15 bits per heavy atom. The van der Waals surface area contributed by atoms with E-state index in [-0.39, 0.29) is 40.1 Å². The molecule has 0 unspecified atom stereocenters. The lowest BCUT2D eigenvalue weighted by Gasteiger charge is -2.19. The first-order valence-corrected chi connectivity index (χ1v) is 13.4. The van der Waals surface area contributed by atoms with Crippen LogP contribution in [0.2, 0.25) is 0 Å². The van der Waals surface area contributed by atoms with Gasteiger partial charge < -0.3 is 9.47 Å². The second-order valence-corrected chi connectivity index (χ2v) is 10.1. The summed E-state index contributed by atoms with van der Waals surface area (Å²) in [7, 11) is 1.15. The van der Waals surface area contributed by atoms with E-state index < -0.39 is 75.1 Å². The van der Waals surface area contributed by atoms with E-state index in [2.05, 4.69) is 16.6 Å². The number of methoxy groups -OCH3 is 1. The van der Waals surface area contributed by atoms with Gasteiger partial charge in [0, 0.05) is 28.8 Å². The van der Waals surface area contributed by atoms with Gasteiger partial charge >= 0.3 is 6.11 Å². The van der Waals surface area contributed by atoms with Crippen molar-refractivity contribution >= 4 is 0 Å². The summed E-state index contributed by atoms with van der Waals surface area (Å²) in [5, 5.41) is 0. The van der Waals surface area contributed by atoms with E-state index in [4.69, 9.17) is 4.74 Å². The highest BCUT2D eigenvalue weighted by Crippen LogP contribution is 2.37. The highest BCUT2D eigenvalue weighted by Gasteiger charge is 2.41. The number of hydrogen-bond donors (Lipinski definition) is 0. The zero-order chi connectivity index (χ0) is 34.2. The fourth-order valence-electron chi connectivity index (χ4n) is 4.64. The van der Waals surface area contributed by atoms with Gasteiger partial charge in [-0.2, -0.15) is 8.78 Å². The van der Waals surface area contributed by atoms with Crippen LogP contribution in [0.1, 0.15) is 22.3 Å². The third-order valence-electron chi connectivity index (χ3n) is 6.86. The van der Waals surface area contributed by atoms with Crippen molar-refractivity contribution in [1.82, 2.24) is 0 Å². The molecule has 12 heteroatoms. The number of aryl methyl sites for hydroxylation is 1. The van der Waals surface area contributed by atoms with Gasteiger partial charge in [0.15, 0.2) is 17.5 Å². The standard InChI is InChI=1S/C35H18F10O2/c1-17-3-6-22(25(36)9-17)19-5-8-23(26(37)12-19)20-13-27(38)24(32(14-20)46-2)7-4-18-10-28(39)33(29(40)11-18)35(44,45)47-21-15-30(41)34(43)31(42)16-21/h3,5-6,8-16H,1-2H3. The molecule has 0 N–H and O–H groups in total. The molecule has 0 amide bonds. The molecule has 0 fully saturated rings. The van der Waals surface area contributed by atoms with E-state index in [1.807, 2.05) is 0 Å². The lowest BCUT2D eigenvalue weighted by molar-refractivity contribution is -0.189. The third kappa shape index (κ3) is 6.74. The molecule has 0 saturated carbocycles. The zero-order valence-electron chi connectivity index (χ0n) is 24.0. The Balaban J connectivity index is 1.44. The van der Waals surface area contributed by atoms with Gasteiger partial charge in [-0.05, 0) is 60.0 Å². The minimum atomic E-state index is -4.82. The van der Waals surface area contributed by atoms with Crippen LogP contribution in [0.15, 0.2) is 72.8 Å². The van der Waals surface area contributed by atoms with Gasteiger partial charge in [0.05, 0.1) is 7.11 Å². The number of benzene rings is 5. The topological polar surface area (TPSA) is 18.5 Å². The average molecular weight is 661 g/mol. The Hall–Kier alpha value is -5.44. The molecule has 5 aromatic carbocycles. The monoisotopic (exact) mass is 660 g/mol. The Kier molecular flexibility index (Phi) is 8.94. The molecule has 0 heterocycles. The third-order valence-corrected chi connectivity index (χ3v) is 6.86. The van der Waals surface area contributed by atoms with Crippen LogP contribution in [-0.4, -0.2) is 7.11 Å². The van der Waals surface area contributed by atoms with Crippen LogP contribution in [0.25, 0.3) is 22.3 Å². The Labute approximate surface area is 260 Å². The van der Waals surface area contributed by atoms with E-state index in [1.54, 1.807) is 13.0 Å². The molecule has 0 aromatic heterocycles. The molecule has 0 aliphatic carbocycles. The molecule has 0 saturated heterocycles. The first-order valence-electron chi connectivity index (χ1n) is 13.4. The minimum Gasteiger partial charge on any atom is -0.495 e. The quantitative estimate of drug-likeness (QED) is 0.103. The lowest BCUT2D eigenvalue weighted by Crippen LogP contribution is -2.25. The second-order valence-electron chi connectivity index (χ2n) is 10.1. The minimum absolute atomic E-state index is 0.0166. The van der Waals surface area contributed by atoms with E-state index in [1.165, 1.54) is 30.3 Å². The number of ether oxygens (including phenoxy) is 2. The zero-order valence-corrected chi connectivity index (χ0v) is 24.0. The molecular formula is C35H18F10O2. The van der Waals surface area contributed by atoms with Crippen LogP contribution >= 0.6 is 0 Å². The molecule has 0 bridgehead atoms. The predicted molar refractivity (Wildman–Crippen MR) is 152 cm³/mol. The molecule has 0 radical (unpaired) electrons. The maximum Gasteiger partial charge on any atom is 0.432 e. The molecule has 5 rings (SSSR count). The molecule has 2 nitrogen and oxygen atoms in total. The summed E-state index contributed by atoms with van der Waals surface area (Å²) in [4.78, 5) is 0. The van der Waals surface area contributed by atoms with Crippen molar-refractivity contribution in [2.24, 2.45) is 0 Å². The fraction of sp³-hybridized carbons (Fsp3) is 0.0857. The number of alkyl halides is 2. The number of halogens is 10. The number of hydrogen-bond acceptors (Lipinski definition) is 2. The summed E-state index contributed by atoms with van der Waals surface area (Å²) in [6, 6.07) is 11.3. The summed E-state index contributed by atoms with van der Waals surface area (Å²) in [6.07, 6.45) is -4.82. The molecular weight excluding hydrogens is 642 g/mol. The molecule has 0 spiro atoms. The van der Waals surface area contributed by atoms with Crippen LogP contribution in [0.5, 0.6) is 11.5 Å². The summed E-state index contributed by atoms with van der Waals surface area (Å²) >= 11 is 0. The maximum absolute atomic E-state index is 15.2. The van der Waals surface area contributed by atoms with Crippen molar-refractivity contribution < 1.29 is 53.4 Å². The maximum atomic E-state index is 15.2. The molecule has 47 heavy (non-hydrogen) atoms. The van der Waals surface area contributed by atoms with Crippen molar-refractivity contribution in [3.8, 4) is 45.6 Å². The second kappa shape index (κ2) is 12.7. The summed E-state index contributed by atoms with van der Waals surface area (Å²) in [5.74, 6) is -8.82. The van der Waals surface area contributed by atoms with Crippen LogP contribution < -0.4 is 9.47 Å². The summed E-state index contributed by atoms with van der Waals surface area (Å²) < 4.78 is 153. The average Bonchev–Trinajstić information content (AvgIpc) is 2.98. The Morgan fingerprint density at radius 1 is 0.574 bits per heavy atom. The van der Waals surface area contributed by atoms with Crippen molar-refractivity contribution in [2.45, 2.75) is 13.0 Å². The molecule has 5 aromatic rings. The summed E-state index contributed by atoms with van der Waals surface area (Å²) in [5.41, 5.74) is -1.87. The van der Waals surface area contributed by atoms with Crippen molar-refractivity contribution in [1.29, 1.82) is 0 Å². The molecule has 0 atom stereocenters. The van der Waals surface area contributed by atoms with E-state index in [0.29, 0.717) is 17.7 Å². The van der Waals surface area contributed by atoms with E-state index in [9.17, 15) is 35.1 Å². The van der Waals surface area contributed by atoms with Gasteiger partial charge in [-0.25, -0.2) is 35.1 Å². The molecule has 0 aliphatic heterocycles. The van der Waals surface area contributed by atoms with Gasteiger partial charge in [-0.3, -0.25) is 0 Å². The van der Waals surface area contributed by atoms with Crippen molar-refractivity contribution in [3.63, 3.8) is 0 Å². The molecule has 240 valence electrons. The van der Waals surface area contributed by atoms with Crippen molar-refractivity contribution in [2.75, 3.05) is 7.11 Å². The van der Waals surface area contributed by atoms with Gasteiger partial charge in [-0.1, -0.05) is 36.1 Å². The van der Waals surface area contributed by atoms with Crippen molar-refractivity contribution in [3.05, 3.63) is 142 Å². The van der Waals surface area contributed by atoms with E-state index >= 15 is 8.78 Å². The summed E-state index contributed by atoms with van der Waals surface area (Å²) in [6.45, 7) is 1.70. The Morgan fingerprint density at radius 3 is 1.74 bits per heavy atom. The lowest BCUT2D eigenvalue weighted by atomic mass is 9.97. The normalized spacial score (nSPS) is 11.2. The SMILES string of the molecule is COc1cc(-c2ccc(-c3ccc(C)cc3F)cc2F)cc(F)c1C#Cc1cc(F)c(C(F)(F)Oc2cc(F)c(F)c(F)c2)c(F)c1. The van der Waals surface area contributed by atoms with Gasteiger partial charge in [-0.15, -0.1) is 0 Å². The smallest absolute Gasteiger partial charge is 0.432 e.